The molecule has 82 valence electrons. The van der Waals surface area contributed by atoms with E-state index in [1.807, 2.05) is 12.1 Å². The standard InChI is InChI=1S/C14H15NS/c1-10-7-8-12(15)14(9-10)16-13-6-4-3-5-11(13)2/h3-9H,15H2,1-2H3. The van der Waals surface area contributed by atoms with Crippen molar-refractivity contribution in [1.29, 1.82) is 0 Å². The average Bonchev–Trinajstić information content (AvgIpc) is 2.27. The first-order valence-corrected chi connectivity index (χ1v) is 6.08. The monoisotopic (exact) mass is 229 g/mol. The Labute approximate surface area is 101 Å². The van der Waals surface area contributed by atoms with E-state index in [4.69, 9.17) is 5.73 Å². The van der Waals surface area contributed by atoms with Crippen LogP contribution in [-0.4, -0.2) is 0 Å². The van der Waals surface area contributed by atoms with Gasteiger partial charge in [0.25, 0.3) is 0 Å². The number of rotatable bonds is 2. The van der Waals surface area contributed by atoms with Crippen molar-refractivity contribution in [2.24, 2.45) is 0 Å². The van der Waals surface area contributed by atoms with Gasteiger partial charge in [-0.2, -0.15) is 0 Å². The van der Waals surface area contributed by atoms with Crippen molar-refractivity contribution in [3.63, 3.8) is 0 Å². The van der Waals surface area contributed by atoms with E-state index in [1.54, 1.807) is 11.8 Å². The Morgan fingerprint density at radius 1 is 0.938 bits per heavy atom. The lowest BCUT2D eigenvalue weighted by molar-refractivity contribution is 1.29. The highest BCUT2D eigenvalue weighted by atomic mass is 32.2. The third kappa shape index (κ3) is 2.39. The van der Waals surface area contributed by atoms with Crippen molar-refractivity contribution in [3.8, 4) is 0 Å². The Balaban J connectivity index is 2.34. The van der Waals surface area contributed by atoms with Gasteiger partial charge in [0.05, 0.1) is 0 Å². The zero-order valence-corrected chi connectivity index (χ0v) is 10.3. The van der Waals surface area contributed by atoms with Crippen molar-refractivity contribution < 1.29 is 0 Å². The molecule has 0 spiro atoms. The molecule has 2 heteroatoms. The number of benzene rings is 2. The Morgan fingerprint density at radius 2 is 1.69 bits per heavy atom. The smallest absolute Gasteiger partial charge is 0.0456 e. The summed E-state index contributed by atoms with van der Waals surface area (Å²) in [5.74, 6) is 0. The van der Waals surface area contributed by atoms with Gasteiger partial charge in [0, 0.05) is 15.5 Å². The zero-order chi connectivity index (χ0) is 11.5. The summed E-state index contributed by atoms with van der Waals surface area (Å²) in [6.07, 6.45) is 0. The minimum absolute atomic E-state index is 0.846. The third-order valence-electron chi connectivity index (χ3n) is 2.48. The van der Waals surface area contributed by atoms with Gasteiger partial charge in [-0.25, -0.2) is 0 Å². The topological polar surface area (TPSA) is 26.0 Å². The summed E-state index contributed by atoms with van der Waals surface area (Å²) in [4.78, 5) is 2.40. The highest BCUT2D eigenvalue weighted by Crippen LogP contribution is 2.34. The first kappa shape index (κ1) is 11.1. The van der Waals surface area contributed by atoms with Gasteiger partial charge in [0.15, 0.2) is 0 Å². The summed E-state index contributed by atoms with van der Waals surface area (Å²) in [5.41, 5.74) is 9.34. The van der Waals surface area contributed by atoms with Crippen molar-refractivity contribution in [1.82, 2.24) is 0 Å². The predicted molar refractivity (Wildman–Crippen MR) is 70.9 cm³/mol. The van der Waals surface area contributed by atoms with E-state index >= 15 is 0 Å². The molecule has 0 bridgehead atoms. The number of anilines is 1. The summed E-state index contributed by atoms with van der Waals surface area (Å²) in [7, 11) is 0. The molecule has 0 heterocycles. The highest BCUT2D eigenvalue weighted by molar-refractivity contribution is 7.99. The predicted octanol–water partition coefficient (Wildman–Crippen LogP) is 4.04. The maximum Gasteiger partial charge on any atom is 0.0456 e. The minimum atomic E-state index is 0.846. The van der Waals surface area contributed by atoms with Gasteiger partial charge in [-0.3, -0.25) is 0 Å². The summed E-state index contributed by atoms with van der Waals surface area (Å²) >= 11 is 1.73. The molecule has 0 fully saturated rings. The first-order chi connectivity index (χ1) is 7.66. The van der Waals surface area contributed by atoms with E-state index in [9.17, 15) is 0 Å². The van der Waals surface area contributed by atoms with Crippen LogP contribution in [0.3, 0.4) is 0 Å². The van der Waals surface area contributed by atoms with Crippen LogP contribution in [0.25, 0.3) is 0 Å². The lowest BCUT2D eigenvalue weighted by Crippen LogP contribution is -1.89. The van der Waals surface area contributed by atoms with Crippen LogP contribution in [0.2, 0.25) is 0 Å². The van der Waals surface area contributed by atoms with Gasteiger partial charge < -0.3 is 5.73 Å². The molecule has 2 rings (SSSR count). The largest absolute Gasteiger partial charge is 0.398 e. The van der Waals surface area contributed by atoms with Gasteiger partial charge in [0.1, 0.15) is 0 Å². The van der Waals surface area contributed by atoms with E-state index < -0.39 is 0 Å². The van der Waals surface area contributed by atoms with Crippen LogP contribution in [0.1, 0.15) is 11.1 Å². The fourth-order valence-corrected chi connectivity index (χ4v) is 2.56. The lowest BCUT2D eigenvalue weighted by Gasteiger charge is -2.08. The van der Waals surface area contributed by atoms with Gasteiger partial charge in [0.2, 0.25) is 0 Å². The minimum Gasteiger partial charge on any atom is -0.398 e. The number of nitrogens with two attached hydrogens (primary N) is 1. The van der Waals surface area contributed by atoms with E-state index in [0.29, 0.717) is 0 Å². The van der Waals surface area contributed by atoms with E-state index in [1.165, 1.54) is 16.0 Å². The van der Waals surface area contributed by atoms with Gasteiger partial charge in [-0.15, -0.1) is 0 Å². The van der Waals surface area contributed by atoms with E-state index in [0.717, 1.165) is 10.6 Å². The number of hydrogen-bond acceptors (Lipinski definition) is 2. The molecular weight excluding hydrogens is 214 g/mol. The molecule has 0 saturated heterocycles. The first-order valence-electron chi connectivity index (χ1n) is 5.26. The second kappa shape index (κ2) is 4.62. The maximum atomic E-state index is 5.97. The molecule has 0 amide bonds. The Hall–Kier alpha value is -1.41. The second-order valence-corrected chi connectivity index (χ2v) is 4.99. The van der Waals surface area contributed by atoms with Crippen molar-refractivity contribution in [2.75, 3.05) is 5.73 Å². The van der Waals surface area contributed by atoms with Crippen LogP contribution < -0.4 is 5.73 Å². The summed E-state index contributed by atoms with van der Waals surface area (Å²) in [5, 5.41) is 0. The van der Waals surface area contributed by atoms with Crippen molar-refractivity contribution >= 4 is 17.4 Å². The Bertz CT molecular complexity index is 506. The Kier molecular flexibility index (Phi) is 3.20. The molecule has 2 aromatic rings. The SMILES string of the molecule is Cc1ccc(N)c(Sc2ccccc2C)c1. The lowest BCUT2D eigenvalue weighted by atomic mass is 10.2. The van der Waals surface area contributed by atoms with Gasteiger partial charge in [-0.05, 0) is 43.2 Å². The van der Waals surface area contributed by atoms with Crippen molar-refractivity contribution in [2.45, 2.75) is 23.6 Å². The fourth-order valence-electron chi connectivity index (χ4n) is 1.52. The molecule has 0 saturated carbocycles. The molecule has 0 radical (unpaired) electrons. The van der Waals surface area contributed by atoms with Crippen LogP contribution in [0.4, 0.5) is 5.69 Å². The molecule has 16 heavy (non-hydrogen) atoms. The highest BCUT2D eigenvalue weighted by Gasteiger charge is 2.04. The zero-order valence-electron chi connectivity index (χ0n) is 9.53. The molecular formula is C14H15NS. The number of nitrogen functional groups attached to an aromatic ring is 1. The normalized spacial score (nSPS) is 10.4. The Morgan fingerprint density at radius 3 is 2.44 bits per heavy atom. The summed E-state index contributed by atoms with van der Waals surface area (Å²) in [6, 6.07) is 14.5. The molecule has 0 aliphatic heterocycles. The summed E-state index contributed by atoms with van der Waals surface area (Å²) < 4.78 is 0. The molecule has 2 N–H and O–H groups in total. The van der Waals surface area contributed by atoms with Crippen LogP contribution >= 0.6 is 11.8 Å². The van der Waals surface area contributed by atoms with Gasteiger partial charge in [-0.1, -0.05) is 36.0 Å². The fraction of sp³-hybridized carbons (Fsp3) is 0.143. The molecule has 0 aromatic heterocycles. The molecule has 0 aliphatic carbocycles. The molecule has 0 atom stereocenters. The summed E-state index contributed by atoms with van der Waals surface area (Å²) in [6.45, 7) is 4.20. The number of aryl methyl sites for hydroxylation is 2. The third-order valence-corrected chi connectivity index (χ3v) is 3.73. The van der Waals surface area contributed by atoms with E-state index in [2.05, 4.69) is 44.2 Å². The molecule has 2 aromatic carbocycles. The van der Waals surface area contributed by atoms with Crippen LogP contribution in [0.5, 0.6) is 0 Å². The molecule has 1 nitrogen and oxygen atoms in total. The van der Waals surface area contributed by atoms with Gasteiger partial charge >= 0.3 is 0 Å². The second-order valence-electron chi connectivity index (χ2n) is 3.91. The van der Waals surface area contributed by atoms with Crippen LogP contribution in [0, 0.1) is 13.8 Å². The molecule has 0 aliphatic rings. The van der Waals surface area contributed by atoms with Crippen LogP contribution in [0.15, 0.2) is 52.3 Å². The van der Waals surface area contributed by atoms with Crippen molar-refractivity contribution in [3.05, 3.63) is 53.6 Å². The average molecular weight is 229 g/mol. The number of hydrogen-bond donors (Lipinski definition) is 1. The molecule has 0 unspecified atom stereocenters. The van der Waals surface area contributed by atoms with E-state index in [-0.39, 0.29) is 0 Å². The quantitative estimate of drug-likeness (QED) is 0.787. The maximum absolute atomic E-state index is 5.97. The van der Waals surface area contributed by atoms with Crippen LogP contribution in [-0.2, 0) is 0 Å².